The van der Waals surface area contributed by atoms with E-state index in [0.717, 1.165) is 63.6 Å². The van der Waals surface area contributed by atoms with Crippen LogP contribution in [0.2, 0.25) is 0 Å². The third-order valence-electron chi connectivity index (χ3n) is 7.83. The molecule has 2 aliphatic rings. The molecule has 0 amide bonds. The van der Waals surface area contributed by atoms with E-state index in [2.05, 4.69) is 65.8 Å². The Balaban J connectivity index is 1.24. The Morgan fingerprint density at radius 1 is 0.667 bits per heavy atom. The Labute approximate surface area is 218 Å². The number of hydrogen-bond donors (Lipinski definition) is 0. The number of benzene rings is 2. The second-order valence-electron chi connectivity index (χ2n) is 11.3. The molecule has 0 saturated carbocycles. The zero-order valence-electron chi connectivity index (χ0n) is 23.3. The van der Waals surface area contributed by atoms with Crippen molar-refractivity contribution in [3.8, 4) is 11.5 Å². The number of hydrogen-bond acceptors (Lipinski definition) is 4. The van der Waals surface area contributed by atoms with Crippen LogP contribution < -0.4 is 9.47 Å². The van der Waals surface area contributed by atoms with Gasteiger partial charge in [0.05, 0.1) is 38.6 Å². The fourth-order valence-electron chi connectivity index (χ4n) is 5.41. The number of rotatable bonds is 15. The summed E-state index contributed by atoms with van der Waals surface area (Å²) in [7, 11) is 0. The van der Waals surface area contributed by atoms with E-state index in [-0.39, 0.29) is 0 Å². The zero-order chi connectivity index (χ0) is 25.7. The topological polar surface area (TPSA) is 43.5 Å². The van der Waals surface area contributed by atoms with Crippen LogP contribution in [0.25, 0.3) is 0 Å². The molecule has 198 valence electrons. The van der Waals surface area contributed by atoms with Crippen molar-refractivity contribution in [1.29, 1.82) is 0 Å². The fourth-order valence-corrected chi connectivity index (χ4v) is 5.41. The Morgan fingerprint density at radius 2 is 1.00 bits per heavy atom. The van der Waals surface area contributed by atoms with Crippen molar-refractivity contribution < 1.29 is 18.9 Å². The van der Waals surface area contributed by atoms with Gasteiger partial charge in [0.25, 0.3) is 0 Å². The molecule has 2 fully saturated rings. The van der Waals surface area contributed by atoms with E-state index >= 15 is 0 Å². The molecule has 4 atom stereocenters. The SMILES string of the molecule is Cc1cc(CCc2cc(C)c(OCCCC(C)C3CO3)c(C)c2)cc(C)c1OCCCC(C)C1CO1. The molecule has 0 aromatic heterocycles. The number of aryl methyl sites for hydroxylation is 6. The highest BCUT2D eigenvalue weighted by Gasteiger charge is 2.29. The van der Waals surface area contributed by atoms with Crippen molar-refractivity contribution in [2.24, 2.45) is 11.8 Å². The molecule has 2 aromatic rings. The molecule has 0 aliphatic carbocycles. The van der Waals surface area contributed by atoms with Crippen LogP contribution in [0, 0.1) is 39.5 Å². The quantitative estimate of drug-likeness (QED) is 0.196. The average Bonchev–Trinajstić information content (AvgIpc) is 3.73. The fraction of sp³-hybridized carbons (Fsp3) is 0.625. The number of ether oxygens (including phenoxy) is 4. The van der Waals surface area contributed by atoms with Gasteiger partial charge in [0.2, 0.25) is 0 Å². The Kier molecular flexibility index (Phi) is 9.35. The molecule has 2 heterocycles. The predicted molar refractivity (Wildman–Crippen MR) is 147 cm³/mol. The Bertz CT molecular complexity index is 878. The highest BCUT2D eigenvalue weighted by Crippen LogP contribution is 2.29. The van der Waals surface area contributed by atoms with Crippen LogP contribution in [0.4, 0.5) is 0 Å². The van der Waals surface area contributed by atoms with Crippen LogP contribution in [0.3, 0.4) is 0 Å². The summed E-state index contributed by atoms with van der Waals surface area (Å²) in [6, 6.07) is 9.20. The molecular formula is C32H46O4. The van der Waals surface area contributed by atoms with E-state index < -0.39 is 0 Å². The molecule has 4 rings (SSSR count). The largest absolute Gasteiger partial charge is 0.493 e. The monoisotopic (exact) mass is 494 g/mol. The average molecular weight is 495 g/mol. The predicted octanol–water partition coefficient (Wildman–Crippen LogP) is 7.09. The minimum atomic E-state index is 0.491. The lowest BCUT2D eigenvalue weighted by Gasteiger charge is -2.16. The molecule has 2 aliphatic heterocycles. The maximum atomic E-state index is 6.19. The molecular weight excluding hydrogens is 448 g/mol. The standard InChI is InChI=1S/C32H46O4/c1-21(29-19-35-29)9-7-13-33-31-23(3)15-27(16-24(31)4)11-12-28-17-25(5)32(26(6)18-28)34-14-8-10-22(2)30-20-36-30/h15-18,21-22,29-30H,7-14,19-20H2,1-6H3. The highest BCUT2D eigenvalue weighted by atomic mass is 16.6. The van der Waals surface area contributed by atoms with Crippen molar-refractivity contribution in [3.05, 3.63) is 57.6 Å². The number of epoxide rings is 2. The first kappa shape index (κ1) is 27.0. The smallest absolute Gasteiger partial charge is 0.125 e. The first-order valence-electron chi connectivity index (χ1n) is 14.0. The van der Waals surface area contributed by atoms with Crippen molar-refractivity contribution in [2.75, 3.05) is 26.4 Å². The Morgan fingerprint density at radius 3 is 1.31 bits per heavy atom. The van der Waals surface area contributed by atoms with Crippen LogP contribution in [-0.4, -0.2) is 38.6 Å². The van der Waals surface area contributed by atoms with E-state index in [0.29, 0.717) is 24.0 Å². The van der Waals surface area contributed by atoms with E-state index in [1.165, 1.54) is 46.2 Å². The summed E-state index contributed by atoms with van der Waals surface area (Å²) in [5.74, 6) is 3.40. The third kappa shape index (κ3) is 7.73. The molecule has 0 N–H and O–H groups in total. The van der Waals surface area contributed by atoms with Crippen molar-refractivity contribution in [1.82, 2.24) is 0 Å². The minimum absolute atomic E-state index is 0.491. The lowest BCUT2D eigenvalue weighted by molar-refractivity contribution is 0.272. The lowest BCUT2D eigenvalue weighted by atomic mass is 9.97. The van der Waals surface area contributed by atoms with E-state index in [9.17, 15) is 0 Å². The maximum absolute atomic E-state index is 6.19. The molecule has 2 aromatic carbocycles. The summed E-state index contributed by atoms with van der Waals surface area (Å²) in [4.78, 5) is 0. The highest BCUT2D eigenvalue weighted by molar-refractivity contribution is 5.45. The van der Waals surface area contributed by atoms with Gasteiger partial charge in [0.1, 0.15) is 11.5 Å². The van der Waals surface area contributed by atoms with Gasteiger partial charge in [-0.2, -0.15) is 0 Å². The summed E-state index contributed by atoms with van der Waals surface area (Å²) in [5, 5.41) is 0. The lowest BCUT2D eigenvalue weighted by Crippen LogP contribution is -2.08. The molecule has 4 heteroatoms. The van der Waals surface area contributed by atoms with E-state index in [4.69, 9.17) is 18.9 Å². The molecule has 2 saturated heterocycles. The summed E-state index contributed by atoms with van der Waals surface area (Å²) >= 11 is 0. The first-order valence-corrected chi connectivity index (χ1v) is 14.0. The van der Waals surface area contributed by atoms with Gasteiger partial charge in [0, 0.05) is 0 Å². The van der Waals surface area contributed by atoms with E-state index in [1.807, 2.05) is 0 Å². The van der Waals surface area contributed by atoms with Gasteiger partial charge in [0.15, 0.2) is 0 Å². The minimum Gasteiger partial charge on any atom is -0.493 e. The second-order valence-corrected chi connectivity index (χ2v) is 11.3. The normalized spacial score (nSPS) is 20.2. The van der Waals surface area contributed by atoms with Crippen LogP contribution in [-0.2, 0) is 22.3 Å². The van der Waals surface area contributed by atoms with Gasteiger partial charge in [-0.15, -0.1) is 0 Å². The molecule has 0 radical (unpaired) electrons. The summed E-state index contributed by atoms with van der Waals surface area (Å²) in [6.45, 7) is 16.7. The van der Waals surface area contributed by atoms with Gasteiger partial charge < -0.3 is 18.9 Å². The molecule has 0 bridgehead atoms. The zero-order valence-corrected chi connectivity index (χ0v) is 23.3. The second kappa shape index (κ2) is 12.5. The summed E-state index contributed by atoms with van der Waals surface area (Å²) in [6.07, 6.45) is 7.53. The van der Waals surface area contributed by atoms with Crippen molar-refractivity contribution in [2.45, 2.75) is 92.3 Å². The molecule has 36 heavy (non-hydrogen) atoms. The third-order valence-corrected chi connectivity index (χ3v) is 7.83. The van der Waals surface area contributed by atoms with Crippen molar-refractivity contribution in [3.63, 3.8) is 0 Å². The maximum Gasteiger partial charge on any atom is 0.125 e. The van der Waals surface area contributed by atoms with Gasteiger partial charge in [-0.1, -0.05) is 38.1 Å². The van der Waals surface area contributed by atoms with E-state index in [1.54, 1.807) is 0 Å². The first-order chi connectivity index (χ1) is 17.3. The van der Waals surface area contributed by atoms with Crippen molar-refractivity contribution >= 4 is 0 Å². The molecule has 4 unspecified atom stereocenters. The summed E-state index contributed by atoms with van der Waals surface area (Å²) < 4.78 is 23.2. The van der Waals surface area contributed by atoms with Gasteiger partial charge >= 0.3 is 0 Å². The van der Waals surface area contributed by atoms with Crippen LogP contribution in [0.1, 0.15) is 72.9 Å². The van der Waals surface area contributed by atoms with Crippen LogP contribution >= 0.6 is 0 Å². The van der Waals surface area contributed by atoms with Gasteiger partial charge in [-0.25, -0.2) is 0 Å². The molecule has 4 nitrogen and oxygen atoms in total. The van der Waals surface area contributed by atoms with Gasteiger partial charge in [-0.3, -0.25) is 0 Å². The van der Waals surface area contributed by atoms with Crippen LogP contribution in [0.5, 0.6) is 11.5 Å². The molecule has 0 spiro atoms. The van der Waals surface area contributed by atoms with Gasteiger partial charge in [-0.05, 0) is 111 Å². The Hall–Kier alpha value is -2.04. The van der Waals surface area contributed by atoms with Crippen LogP contribution in [0.15, 0.2) is 24.3 Å². The summed E-state index contributed by atoms with van der Waals surface area (Å²) in [5.41, 5.74) is 7.71.